The minimum atomic E-state index is -0.609. The number of hydrogen-bond donors (Lipinski definition) is 2. The van der Waals surface area contributed by atoms with Gasteiger partial charge < -0.3 is 4.90 Å². The lowest BCUT2D eigenvalue weighted by Crippen LogP contribution is -2.29. The van der Waals surface area contributed by atoms with Crippen molar-refractivity contribution in [2.75, 3.05) is 11.4 Å². The van der Waals surface area contributed by atoms with Gasteiger partial charge in [-0.3, -0.25) is 14.8 Å². The Bertz CT molecular complexity index is 1170. The van der Waals surface area contributed by atoms with Crippen LogP contribution in [0.15, 0.2) is 66.7 Å². The first kappa shape index (κ1) is 20.8. The van der Waals surface area contributed by atoms with Crippen LogP contribution in [-0.2, 0) is 11.2 Å². The van der Waals surface area contributed by atoms with Gasteiger partial charge >= 0.3 is 0 Å². The number of carbonyl (C=O) groups is 2. The Kier molecular flexibility index (Phi) is 5.84. The standard InChI is InChI=1S/C24H18ClFN2O3/c25-19-6-1-15(2-7-19)13-21(16-3-8-20(26)9-4-16)24(30)28-12-11-17-14-18(23(29)27-31)5-10-22(17)28/h1-10,13-14,31H,11-12H2,(H,27,29)/b21-13+. The lowest BCUT2D eigenvalue weighted by Gasteiger charge is -2.20. The van der Waals surface area contributed by atoms with Gasteiger partial charge in [0.15, 0.2) is 0 Å². The lowest BCUT2D eigenvalue weighted by molar-refractivity contribution is -0.113. The fourth-order valence-corrected chi connectivity index (χ4v) is 3.71. The number of carbonyl (C=O) groups excluding carboxylic acids is 2. The Morgan fingerprint density at radius 1 is 1.00 bits per heavy atom. The van der Waals surface area contributed by atoms with Gasteiger partial charge in [-0.1, -0.05) is 35.9 Å². The van der Waals surface area contributed by atoms with Gasteiger partial charge in [0.1, 0.15) is 5.82 Å². The molecule has 5 nitrogen and oxygen atoms in total. The predicted molar refractivity (Wildman–Crippen MR) is 117 cm³/mol. The van der Waals surface area contributed by atoms with E-state index in [0.717, 1.165) is 11.1 Å². The van der Waals surface area contributed by atoms with E-state index in [2.05, 4.69) is 0 Å². The van der Waals surface area contributed by atoms with E-state index in [9.17, 15) is 14.0 Å². The predicted octanol–water partition coefficient (Wildman–Crippen LogP) is 4.73. The molecule has 0 radical (unpaired) electrons. The van der Waals surface area contributed by atoms with Crippen molar-refractivity contribution in [3.8, 4) is 0 Å². The van der Waals surface area contributed by atoms with E-state index >= 15 is 0 Å². The van der Waals surface area contributed by atoms with Gasteiger partial charge in [0.25, 0.3) is 11.8 Å². The van der Waals surface area contributed by atoms with E-state index < -0.39 is 5.91 Å². The minimum Gasteiger partial charge on any atom is -0.308 e. The summed E-state index contributed by atoms with van der Waals surface area (Å²) in [6.45, 7) is 0.442. The maximum absolute atomic E-state index is 13.6. The number of amides is 2. The molecular weight excluding hydrogens is 419 g/mol. The van der Waals surface area contributed by atoms with Crippen LogP contribution < -0.4 is 10.4 Å². The molecule has 0 aliphatic carbocycles. The summed E-state index contributed by atoms with van der Waals surface area (Å²) in [5.74, 6) is -1.23. The van der Waals surface area contributed by atoms with Crippen LogP contribution >= 0.6 is 11.6 Å². The third-order valence-corrected chi connectivity index (χ3v) is 5.40. The van der Waals surface area contributed by atoms with Gasteiger partial charge in [-0.05, 0) is 71.7 Å². The summed E-state index contributed by atoms with van der Waals surface area (Å²) < 4.78 is 13.5. The van der Waals surface area contributed by atoms with E-state index in [1.165, 1.54) is 12.1 Å². The van der Waals surface area contributed by atoms with Crippen molar-refractivity contribution >= 4 is 40.8 Å². The highest BCUT2D eigenvalue weighted by molar-refractivity contribution is 6.31. The van der Waals surface area contributed by atoms with Crippen molar-refractivity contribution in [2.45, 2.75) is 6.42 Å². The number of benzene rings is 3. The first-order valence-electron chi connectivity index (χ1n) is 9.58. The number of nitrogens with zero attached hydrogens (tertiary/aromatic N) is 1. The molecule has 1 aliphatic heterocycles. The van der Waals surface area contributed by atoms with Gasteiger partial charge in [-0.25, -0.2) is 9.87 Å². The molecular formula is C24H18ClFN2O3. The molecule has 1 aliphatic rings. The van der Waals surface area contributed by atoms with Gasteiger partial charge in [0.05, 0.1) is 0 Å². The number of hydroxylamine groups is 1. The molecule has 0 unspecified atom stereocenters. The summed E-state index contributed by atoms with van der Waals surface area (Å²) >= 11 is 5.97. The summed E-state index contributed by atoms with van der Waals surface area (Å²) in [6.07, 6.45) is 2.32. The number of anilines is 1. The van der Waals surface area contributed by atoms with Crippen LogP contribution in [0, 0.1) is 5.82 Å². The number of fused-ring (bicyclic) bond motifs is 1. The second-order valence-corrected chi connectivity index (χ2v) is 7.54. The first-order chi connectivity index (χ1) is 15.0. The van der Waals surface area contributed by atoms with Crippen LogP contribution in [0.2, 0.25) is 5.02 Å². The number of hydrogen-bond acceptors (Lipinski definition) is 3. The molecule has 31 heavy (non-hydrogen) atoms. The number of rotatable bonds is 4. The zero-order valence-corrected chi connectivity index (χ0v) is 17.1. The van der Waals surface area contributed by atoms with Gasteiger partial charge in [-0.2, -0.15) is 0 Å². The summed E-state index contributed by atoms with van der Waals surface area (Å²) in [5.41, 5.74) is 5.24. The molecule has 4 rings (SSSR count). The van der Waals surface area contributed by atoms with Crippen molar-refractivity contribution in [3.05, 3.63) is 99.8 Å². The molecule has 2 N–H and O–H groups in total. The maximum Gasteiger partial charge on any atom is 0.274 e. The Balaban J connectivity index is 1.73. The smallest absolute Gasteiger partial charge is 0.274 e. The van der Waals surface area contributed by atoms with Gasteiger partial charge in [0.2, 0.25) is 0 Å². The van der Waals surface area contributed by atoms with Crippen molar-refractivity contribution in [1.82, 2.24) is 5.48 Å². The highest BCUT2D eigenvalue weighted by atomic mass is 35.5. The summed E-state index contributed by atoms with van der Waals surface area (Å²) in [7, 11) is 0. The molecule has 156 valence electrons. The third-order valence-electron chi connectivity index (χ3n) is 5.15. The minimum absolute atomic E-state index is 0.236. The first-order valence-corrected chi connectivity index (χ1v) is 9.96. The molecule has 1 heterocycles. The van der Waals surface area contributed by atoms with Crippen LogP contribution in [0.3, 0.4) is 0 Å². The quantitative estimate of drug-likeness (QED) is 0.269. The SMILES string of the molecule is O=C(NO)c1ccc2c(c1)CCN2C(=O)/C(=C/c1ccc(Cl)cc1)c1ccc(F)cc1. The average molecular weight is 437 g/mol. The van der Waals surface area contributed by atoms with Crippen LogP contribution in [0.4, 0.5) is 10.1 Å². The second kappa shape index (κ2) is 8.71. The molecule has 0 fully saturated rings. The van der Waals surface area contributed by atoms with Crippen LogP contribution in [0.1, 0.15) is 27.0 Å². The average Bonchev–Trinajstić information content (AvgIpc) is 3.21. The topological polar surface area (TPSA) is 69.6 Å². The highest BCUT2D eigenvalue weighted by Gasteiger charge is 2.28. The largest absolute Gasteiger partial charge is 0.308 e. The van der Waals surface area contributed by atoms with Crippen molar-refractivity contribution in [2.24, 2.45) is 0 Å². The summed E-state index contributed by atoms with van der Waals surface area (Å²) in [6, 6.07) is 17.7. The third kappa shape index (κ3) is 4.35. The van der Waals surface area contributed by atoms with Crippen LogP contribution in [0.25, 0.3) is 11.6 Å². The maximum atomic E-state index is 13.6. The molecule has 0 aromatic heterocycles. The molecule has 0 bridgehead atoms. The van der Waals surface area contributed by atoms with E-state index in [1.54, 1.807) is 71.1 Å². The Hall–Kier alpha value is -3.48. The molecule has 0 spiro atoms. The highest BCUT2D eigenvalue weighted by Crippen LogP contribution is 2.32. The van der Waals surface area contributed by atoms with Crippen molar-refractivity contribution in [3.63, 3.8) is 0 Å². The summed E-state index contributed by atoms with van der Waals surface area (Å²) in [4.78, 5) is 26.9. The lowest BCUT2D eigenvalue weighted by atomic mass is 10.0. The number of halogens is 2. The fraction of sp³-hybridized carbons (Fsp3) is 0.0833. The Labute approximate surface area is 183 Å². The van der Waals surface area contributed by atoms with Crippen LogP contribution in [0.5, 0.6) is 0 Å². The molecule has 0 atom stereocenters. The van der Waals surface area contributed by atoms with E-state index in [1.807, 2.05) is 0 Å². The zero-order chi connectivity index (χ0) is 22.0. The molecule has 2 amide bonds. The number of nitrogens with one attached hydrogen (secondary N) is 1. The van der Waals surface area contributed by atoms with Gasteiger partial charge in [-0.15, -0.1) is 0 Å². The molecule has 0 saturated heterocycles. The molecule has 3 aromatic carbocycles. The fourth-order valence-electron chi connectivity index (χ4n) is 3.59. The Morgan fingerprint density at radius 3 is 2.35 bits per heavy atom. The van der Waals surface area contributed by atoms with Crippen molar-refractivity contribution < 1.29 is 19.2 Å². The van der Waals surface area contributed by atoms with Gasteiger partial charge in [0, 0.05) is 28.4 Å². The van der Waals surface area contributed by atoms with Crippen LogP contribution in [-0.4, -0.2) is 23.6 Å². The summed E-state index contributed by atoms with van der Waals surface area (Å²) in [5, 5.41) is 9.43. The van der Waals surface area contributed by atoms with Crippen molar-refractivity contribution in [1.29, 1.82) is 0 Å². The molecule has 3 aromatic rings. The molecule has 7 heteroatoms. The monoisotopic (exact) mass is 436 g/mol. The zero-order valence-electron chi connectivity index (χ0n) is 16.3. The molecule has 0 saturated carbocycles. The van der Waals surface area contributed by atoms with E-state index in [0.29, 0.717) is 40.4 Å². The van der Waals surface area contributed by atoms with E-state index in [4.69, 9.17) is 16.8 Å². The second-order valence-electron chi connectivity index (χ2n) is 7.11. The normalized spacial score (nSPS) is 13.1. The van der Waals surface area contributed by atoms with E-state index in [-0.39, 0.29) is 11.7 Å². The Morgan fingerprint density at radius 2 is 1.68 bits per heavy atom.